The van der Waals surface area contributed by atoms with Gasteiger partial charge >= 0.3 is 6.18 Å². The minimum atomic E-state index is -4.68. The molecule has 0 fully saturated rings. The van der Waals surface area contributed by atoms with Crippen molar-refractivity contribution in [3.63, 3.8) is 0 Å². The molecule has 2 heterocycles. The lowest BCUT2D eigenvalue weighted by Gasteiger charge is -2.25. The number of nitrogens with one attached hydrogen (secondary N) is 1. The van der Waals surface area contributed by atoms with Crippen LogP contribution in [0.2, 0.25) is 0 Å². The highest BCUT2D eigenvalue weighted by atomic mass is 32.1. The van der Waals surface area contributed by atoms with Crippen LogP contribution in [0.4, 0.5) is 28.9 Å². The van der Waals surface area contributed by atoms with Gasteiger partial charge < -0.3 is 16.0 Å². The van der Waals surface area contributed by atoms with E-state index in [9.17, 15) is 22.4 Å². The highest BCUT2D eigenvalue weighted by Crippen LogP contribution is 2.30. The molecule has 0 saturated heterocycles. The Morgan fingerprint density at radius 3 is 2.57 bits per heavy atom. The third kappa shape index (κ3) is 3.73. The average molecular weight is 434 g/mol. The monoisotopic (exact) mass is 434 g/mol. The van der Waals surface area contributed by atoms with Crippen molar-refractivity contribution >= 4 is 34.4 Å². The molecule has 1 aliphatic rings. The lowest BCUT2D eigenvalue weighted by molar-refractivity contribution is -0.137. The number of halogens is 4. The van der Waals surface area contributed by atoms with Gasteiger partial charge in [0.2, 0.25) is 0 Å². The van der Waals surface area contributed by atoms with E-state index in [4.69, 9.17) is 5.73 Å². The van der Waals surface area contributed by atoms with E-state index < -0.39 is 29.0 Å². The van der Waals surface area contributed by atoms with Gasteiger partial charge in [0.25, 0.3) is 5.91 Å². The van der Waals surface area contributed by atoms with Crippen LogP contribution in [0.25, 0.3) is 5.82 Å². The second-order valence-electron chi connectivity index (χ2n) is 6.45. The summed E-state index contributed by atoms with van der Waals surface area (Å²) in [7, 11) is 0. The Kier molecular flexibility index (Phi) is 4.94. The maximum absolute atomic E-state index is 13.9. The number of rotatable bonds is 3. The number of nitrogens with two attached hydrogens (primary N) is 1. The Hall–Kier alpha value is -3.40. The zero-order valence-electron chi connectivity index (χ0n) is 15.2. The van der Waals surface area contributed by atoms with E-state index in [2.05, 4.69) is 10.3 Å². The van der Waals surface area contributed by atoms with E-state index in [1.165, 1.54) is 11.3 Å². The number of anilines is 2. The van der Waals surface area contributed by atoms with Crippen molar-refractivity contribution in [3.05, 3.63) is 80.7 Å². The van der Waals surface area contributed by atoms with E-state index in [-0.39, 0.29) is 0 Å². The lowest BCUT2D eigenvalue weighted by Crippen LogP contribution is -2.41. The fourth-order valence-electron chi connectivity index (χ4n) is 2.99. The highest BCUT2D eigenvalue weighted by Gasteiger charge is 2.32. The molecule has 4 rings (SSSR count). The largest absolute Gasteiger partial charge is 0.416 e. The van der Waals surface area contributed by atoms with E-state index >= 15 is 0 Å². The summed E-state index contributed by atoms with van der Waals surface area (Å²) < 4.78 is 53.3. The zero-order chi connectivity index (χ0) is 21.5. The third-order valence-corrected chi connectivity index (χ3v) is 5.39. The normalized spacial score (nSPS) is 13.6. The molecule has 3 aromatic rings. The molecule has 0 aliphatic carbocycles. The van der Waals surface area contributed by atoms with Gasteiger partial charge in [-0.05, 0) is 53.9 Å². The summed E-state index contributed by atoms with van der Waals surface area (Å²) in [5, 5.41) is 5.14. The van der Waals surface area contributed by atoms with Crippen molar-refractivity contribution < 1.29 is 22.4 Å². The third-order valence-electron chi connectivity index (χ3n) is 4.54. The molecule has 154 valence electrons. The fraction of sp³-hybridized carbons (Fsp3) is 0.100. The van der Waals surface area contributed by atoms with Crippen LogP contribution in [-0.2, 0) is 6.18 Å². The SMILES string of the molecule is NC1=c2ccsc2=NCN1c1ccc(NC(=O)c2cc(C(F)(F)F)ccc2F)cc1. The number of carbonyl (C=O) groups excluding carboxylic acids is 1. The van der Waals surface area contributed by atoms with Crippen LogP contribution in [0.5, 0.6) is 0 Å². The number of hydrogen-bond donors (Lipinski definition) is 2. The number of nitrogens with zero attached hydrogens (tertiary/aromatic N) is 2. The van der Waals surface area contributed by atoms with Crippen molar-refractivity contribution in [2.45, 2.75) is 6.18 Å². The predicted molar refractivity (Wildman–Crippen MR) is 106 cm³/mol. The highest BCUT2D eigenvalue weighted by molar-refractivity contribution is 7.07. The Bertz CT molecular complexity index is 1230. The van der Waals surface area contributed by atoms with Gasteiger partial charge in [0.1, 0.15) is 23.0 Å². The topological polar surface area (TPSA) is 70.7 Å². The van der Waals surface area contributed by atoms with E-state index in [1.807, 2.05) is 11.4 Å². The molecule has 1 aromatic heterocycles. The van der Waals surface area contributed by atoms with Gasteiger partial charge in [-0.2, -0.15) is 13.2 Å². The Morgan fingerprint density at radius 1 is 1.13 bits per heavy atom. The first-order valence-electron chi connectivity index (χ1n) is 8.67. The van der Waals surface area contributed by atoms with E-state index in [0.29, 0.717) is 36.4 Å². The second kappa shape index (κ2) is 7.45. The van der Waals surface area contributed by atoms with Gasteiger partial charge in [-0.15, -0.1) is 11.3 Å². The zero-order valence-corrected chi connectivity index (χ0v) is 16.0. The summed E-state index contributed by atoms with van der Waals surface area (Å²) in [5.74, 6) is -1.47. The lowest BCUT2D eigenvalue weighted by atomic mass is 10.1. The molecular formula is C20H14F4N4OS. The molecular weight excluding hydrogens is 420 g/mol. The number of fused-ring (bicyclic) bond motifs is 1. The van der Waals surface area contributed by atoms with Crippen molar-refractivity contribution in [3.8, 4) is 0 Å². The molecule has 30 heavy (non-hydrogen) atoms. The van der Waals surface area contributed by atoms with Gasteiger partial charge in [-0.3, -0.25) is 9.79 Å². The van der Waals surface area contributed by atoms with Crippen molar-refractivity contribution in [2.75, 3.05) is 16.9 Å². The quantitative estimate of drug-likeness (QED) is 0.622. The first-order valence-corrected chi connectivity index (χ1v) is 9.55. The maximum atomic E-state index is 13.9. The summed E-state index contributed by atoms with van der Waals surface area (Å²) in [6.45, 7) is 0.334. The summed E-state index contributed by atoms with van der Waals surface area (Å²) >= 11 is 1.49. The Balaban J connectivity index is 1.54. The van der Waals surface area contributed by atoms with Gasteiger partial charge in [0, 0.05) is 11.4 Å². The molecule has 0 bridgehead atoms. The fourth-order valence-corrected chi connectivity index (χ4v) is 3.76. The number of alkyl halides is 3. The summed E-state index contributed by atoms with van der Waals surface area (Å²) in [6, 6.07) is 10.0. The standard InChI is InChI=1S/C20H14F4N4OS/c21-16-6-1-11(20(22,23)24)9-15(16)18(29)27-12-2-4-13(5-3-12)28-10-26-19-14(17(28)25)7-8-30-19/h1-9H,10,25H2,(H,27,29). The van der Waals surface area contributed by atoms with Crippen molar-refractivity contribution in [1.29, 1.82) is 0 Å². The molecule has 0 unspecified atom stereocenters. The molecule has 0 radical (unpaired) electrons. The van der Waals surface area contributed by atoms with Crippen LogP contribution < -0.4 is 25.8 Å². The molecule has 2 aromatic carbocycles. The van der Waals surface area contributed by atoms with Gasteiger partial charge in [-0.25, -0.2) is 4.39 Å². The summed E-state index contributed by atoms with van der Waals surface area (Å²) in [6.07, 6.45) is -4.68. The van der Waals surface area contributed by atoms with Crippen molar-refractivity contribution in [1.82, 2.24) is 0 Å². The van der Waals surface area contributed by atoms with E-state index in [0.717, 1.165) is 15.6 Å². The molecule has 3 N–H and O–H groups in total. The molecule has 1 amide bonds. The number of hydrogen-bond acceptors (Lipinski definition) is 5. The number of carbonyl (C=O) groups is 1. The summed E-state index contributed by atoms with van der Waals surface area (Å²) in [4.78, 5) is 18.5. The van der Waals surface area contributed by atoms with Crippen LogP contribution in [0.3, 0.4) is 0 Å². The first-order chi connectivity index (χ1) is 14.2. The van der Waals surface area contributed by atoms with Crippen LogP contribution in [0, 0.1) is 5.82 Å². The van der Waals surface area contributed by atoms with Crippen molar-refractivity contribution in [2.24, 2.45) is 10.7 Å². The van der Waals surface area contributed by atoms with Crippen LogP contribution in [0.1, 0.15) is 15.9 Å². The molecule has 0 saturated carbocycles. The molecule has 5 nitrogen and oxygen atoms in total. The summed E-state index contributed by atoms with van der Waals surface area (Å²) in [5.41, 5.74) is 5.44. The average Bonchev–Trinajstić information content (AvgIpc) is 3.18. The van der Waals surface area contributed by atoms with Gasteiger partial charge in [0.05, 0.1) is 16.3 Å². The van der Waals surface area contributed by atoms with Crippen LogP contribution in [-0.4, -0.2) is 12.6 Å². The Morgan fingerprint density at radius 2 is 1.87 bits per heavy atom. The number of benzene rings is 2. The number of amides is 1. The van der Waals surface area contributed by atoms with Crippen LogP contribution >= 0.6 is 11.3 Å². The maximum Gasteiger partial charge on any atom is 0.416 e. The molecule has 0 spiro atoms. The minimum Gasteiger partial charge on any atom is -0.384 e. The Labute approximate surface area is 171 Å². The number of thiophene rings is 1. The van der Waals surface area contributed by atoms with Gasteiger partial charge in [0.15, 0.2) is 0 Å². The second-order valence-corrected chi connectivity index (χ2v) is 7.34. The first kappa shape index (κ1) is 19.9. The minimum absolute atomic E-state index is 0.296. The molecule has 1 aliphatic heterocycles. The van der Waals surface area contributed by atoms with Crippen LogP contribution in [0.15, 0.2) is 58.9 Å². The predicted octanol–water partition coefficient (Wildman–Crippen LogP) is 3.28. The van der Waals surface area contributed by atoms with Gasteiger partial charge in [-0.1, -0.05) is 0 Å². The van der Waals surface area contributed by atoms with E-state index in [1.54, 1.807) is 29.2 Å². The smallest absolute Gasteiger partial charge is 0.384 e. The molecule has 10 heteroatoms. The molecule has 0 atom stereocenters.